The Morgan fingerprint density at radius 3 is 1.33 bits per heavy atom. The fourth-order valence-electron chi connectivity index (χ4n) is 20.0. The smallest absolute Gasteiger partial charge is 0.266 e. The van der Waals surface area contributed by atoms with Crippen molar-refractivity contribution in [3.8, 4) is 0 Å². The summed E-state index contributed by atoms with van der Waals surface area (Å²) in [5, 5.41) is 4.29. The normalized spacial score (nSPS) is 25.5. The average molecular weight is 1200 g/mol. The number of hydrogen-bond acceptors (Lipinski definition) is 5. The molecule has 5 heterocycles. The summed E-state index contributed by atoms with van der Waals surface area (Å²) in [6, 6.07) is 37.1. The van der Waals surface area contributed by atoms with Crippen molar-refractivity contribution in [3.05, 3.63) is 146 Å². The standard InChI is InChI=1S/C82H98BN3S2/c1-47-37-48(2)67-62(38-47)86(82(20)28-22-21-27-81(67,82)19)51-41-63-69-64(42-51)85(50-24-26-55-57(40-50)76(9,10)32-30-74(55,5)6)72-68(52-43-58-60(45-65(52)88-72)79(15,16)35-33-77(58,11)12)83(69)71-70(53-44-59-61(46-66(53)87-71)80(17,18)36-34-78(59,13)14)84(63)49-23-25-54-56(39-49)75(7,8)31-29-73(54,3)4/h23-26,37-46H,21-22,27-36H2,1-20H3. The summed E-state index contributed by atoms with van der Waals surface area (Å²) < 4.78 is 4.37. The maximum absolute atomic E-state index is 2.93. The van der Waals surface area contributed by atoms with E-state index in [0.717, 1.165) is 6.42 Å². The third-order valence-corrected chi connectivity index (χ3v) is 28.5. The molecule has 0 spiro atoms. The predicted octanol–water partition coefficient (Wildman–Crippen LogP) is 22.0. The zero-order valence-electron chi connectivity index (χ0n) is 57.3. The van der Waals surface area contributed by atoms with Gasteiger partial charge in [0.2, 0.25) is 0 Å². The largest absolute Gasteiger partial charge is 0.334 e. The minimum absolute atomic E-state index is 0.00500. The van der Waals surface area contributed by atoms with Gasteiger partial charge in [-0.25, -0.2) is 0 Å². The Morgan fingerprint density at radius 2 is 0.807 bits per heavy atom. The second-order valence-electron chi connectivity index (χ2n) is 35.6. The number of thiophene rings is 2. The third-order valence-electron chi connectivity index (χ3n) is 26.2. The van der Waals surface area contributed by atoms with E-state index < -0.39 is 0 Å². The van der Waals surface area contributed by atoms with Crippen molar-refractivity contribution in [2.45, 2.75) is 270 Å². The molecular formula is C82H98BN3S2. The Bertz CT molecular complexity index is 4390. The number of benzene rings is 6. The topological polar surface area (TPSA) is 9.72 Å². The van der Waals surface area contributed by atoms with E-state index in [2.05, 4.69) is 261 Å². The lowest BCUT2D eigenvalue weighted by Crippen LogP contribution is -2.60. The zero-order valence-corrected chi connectivity index (χ0v) is 58.9. The molecule has 1 fully saturated rings. The molecule has 456 valence electrons. The lowest BCUT2D eigenvalue weighted by Gasteiger charge is -2.51. The van der Waals surface area contributed by atoms with Crippen molar-refractivity contribution in [1.29, 1.82) is 0 Å². The molecule has 1 saturated carbocycles. The molecule has 3 nitrogen and oxygen atoms in total. The molecule has 6 heteroatoms. The molecule has 6 aromatic carbocycles. The first-order chi connectivity index (χ1) is 41.1. The Morgan fingerprint density at radius 1 is 0.375 bits per heavy atom. The molecule has 0 saturated heterocycles. The number of hydrogen-bond donors (Lipinski definition) is 0. The highest BCUT2D eigenvalue weighted by atomic mass is 32.1. The van der Waals surface area contributed by atoms with Gasteiger partial charge in [0, 0.05) is 59.1 Å². The van der Waals surface area contributed by atoms with Gasteiger partial charge in [0.1, 0.15) is 0 Å². The van der Waals surface area contributed by atoms with E-state index >= 15 is 0 Å². The molecule has 0 bridgehead atoms. The molecule has 8 aromatic rings. The molecule has 5 aliphatic carbocycles. The molecule has 3 aliphatic heterocycles. The van der Waals surface area contributed by atoms with Gasteiger partial charge in [-0.15, -0.1) is 22.7 Å². The van der Waals surface area contributed by atoms with Gasteiger partial charge in [-0.2, -0.15) is 0 Å². The number of nitrogens with zero attached hydrogens (tertiary/aromatic N) is 3. The highest BCUT2D eigenvalue weighted by Gasteiger charge is 2.59. The van der Waals surface area contributed by atoms with Gasteiger partial charge >= 0.3 is 0 Å². The Hall–Kier alpha value is -5.30. The fourth-order valence-corrected chi connectivity index (χ4v) is 22.6. The van der Waals surface area contributed by atoms with Crippen LogP contribution < -0.4 is 30.4 Å². The van der Waals surface area contributed by atoms with Gasteiger partial charge in [-0.3, -0.25) is 0 Å². The Balaban J connectivity index is 1.09. The van der Waals surface area contributed by atoms with Crippen molar-refractivity contribution in [1.82, 2.24) is 0 Å². The minimum Gasteiger partial charge on any atom is -0.334 e. The molecule has 2 unspecified atom stereocenters. The van der Waals surface area contributed by atoms with E-state index in [1.165, 1.54) is 185 Å². The molecule has 16 rings (SSSR count). The second kappa shape index (κ2) is 17.8. The van der Waals surface area contributed by atoms with Crippen molar-refractivity contribution in [2.75, 3.05) is 14.7 Å². The van der Waals surface area contributed by atoms with Gasteiger partial charge in [0.25, 0.3) is 6.71 Å². The summed E-state index contributed by atoms with van der Waals surface area (Å²) in [6.45, 7) is 50.4. The number of fused-ring (bicyclic) bond motifs is 15. The molecule has 2 aromatic heterocycles. The fraction of sp³-hybridized carbons (Fsp3) is 0.512. The molecule has 0 radical (unpaired) electrons. The second-order valence-corrected chi connectivity index (χ2v) is 37.7. The Kier molecular flexibility index (Phi) is 11.7. The van der Waals surface area contributed by atoms with Crippen LogP contribution in [0, 0.1) is 13.8 Å². The highest BCUT2D eigenvalue weighted by Crippen LogP contribution is 2.64. The number of aryl methyl sites for hydroxylation is 2. The van der Waals surface area contributed by atoms with Crippen LogP contribution in [0.1, 0.15) is 263 Å². The summed E-state index contributed by atoms with van der Waals surface area (Å²) >= 11 is 4.22. The first kappa shape index (κ1) is 57.8. The summed E-state index contributed by atoms with van der Waals surface area (Å²) in [7, 11) is 0. The van der Waals surface area contributed by atoms with E-state index in [1.54, 1.807) is 27.8 Å². The van der Waals surface area contributed by atoms with Crippen LogP contribution in [-0.4, -0.2) is 12.3 Å². The third kappa shape index (κ3) is 7.66. The zero-order chi connectivity index (χ0) is 62.1. The number of rotatable bonds is 3. The van der Waals surface area contributed by atoms with Gasteiger partial charge in [0.15, 0.2) is 0 Å². The van der Waals surface area contributed by atoms with Crippen LogP contribution in [0.5, 0.6) is 0 Å². The highest BCUT2D eigenvalue weighted by molar-refractivity contribution is 7.35. The van der Waals surface area contributed by atoms with Crippen LogP contribution in [0.3, 0.4) is 0 Å². The van der Waals surface area contributed by atoms with Crippen LogP contribution >= 0.6 is 22.7 Å². The van der Waals surface area contributed by atoms with E-state index in [1.807, 2.05) is 0 Å². The maximum Gasteiger partial charge on any atom is 0.266 e. The molecule has 2 atom stereocenters. The molecular weight excluding hydrogens is 1100 g/mol. The lowest BCUT2D eigenvalue weighted by atomic mass is 9.36. The van der Waals surface area contributed by atoms with Crippen molar-refractivity contribution in [2.24, 2.45) is 0 Å². The number of anilines is 8. The van der Waals surface area contributed by atoms with Gasteiger partial charge in [0.05, 0.1) is 16.2 Å². The average Bonchev–Trinajstić information content (AvgIpc) is 1.28. The molecule has 88 heavy (non-hydrogen) atoms. The summed E-state index contributed by atoms with van der Waals surface area (Å²) in [5.74, 6) is 0. The summed E-state index contributed by atoms with van der Waals surface area (Å²) in [5.41, 5.74) is 29.4. The van der Waals surface area contributed by atoms with Crippen LogP contribution in [0.15, 0.2) is 84.9 Å². The van der Waals surface area contributed by atoms with Crippen LogP contribution in [0.2, 0.25) is 0 Å². The van der Waals surface area contributed by atoms with Gasteiger partial charge in [-0.1, -0.05) is 149 Å². The quantitative estimate of drug-likeness (QED) is 0.163. The van der Waals surface area contributed by atoms with Crippen LogP contribution in [0.25, 0.3) is 20.2 Å². The molecule has 8 aliphatic rings. The summed E-state index contributed by atoms with van der Waals surface area (Å²) in [4.78, 5) is 8.66. The first-order valence-corrected chi connectivity index (χ1v) is 36.0. The van der Waals surface area contributed by atoms with Gasteiger partial charge in [-0.05, 0) is 273 Å². The first-order valence-electron chi connectivity index (χ1n) is 34.3. The molecule has 0 N–H and O–H groups in total. The Labute approximate surface area is 537 Å². The van der Waals surface area contributed by atoms with Crippen molar-refractivity contribution >= 4 is 110 Å². The van der Waals surface area contributed by atoms with E-state index in [9.17, 15) is 0 Å². The van der Waals surface area contributed by atoms with Crippen molar-refractivity contribution in [3.63, 3.8) is 0 Å². The van der Waals surface area contributed by atoms with Gasteiger partial charge < -0.3 is 14.7 Å². The monoisotopic (exact) mass is 1200 g/mol. The van der Waals surface area contributed by atoms with E-state index in [4.69, 9.17) is 0 Å². The van der Waals surface area contributed by atoms with Crippen LogP contribution in [0.4, 0.5) is 44.8 Å². The maximum atomic E-state index is 2.93. The predicted molar refractivity (Wildman–Crippen MR) is 385 cm³/mol. The van der Waals surface area contributed by atoms with Crippen LogP contribution in [-0.2, 0) is 48.7 Å². The van der Waals surface area contributed by atoms with E-state index in [0.29, 0.717) is 0 Å². The SMILES string of the molecule is Cc1cc(C)c2c(c1)N(c1cc3c4c(c1)N(c1ccc5c(c1)C(C)(C)CCC5(C)C)c1c(sc5cc6c(cc15)C(C)(C)CCC6(C)C)B4c1c(sc4cc5c(cc14)C(C)(C)CCC5(C)C)N3c1ccc3c(c1)C(C)(C)CCC3(C)C)C1(C)CCCCC21C. The molecule has 0 amide bonds. The minimum atomic E-state index is -0.145. The summed E-state index contributed by atoms with van der Waals surface area (Å²) in [6.07, 6.45) is 14.4. The van der Waals surface area contributed by atoms with E-state index in [-0.39, 0.29) is 61.0 Å². The lowest BCUT2D eigenvalue weighted by molar-refractivity contribution is 0.194. The van der Waals surface area contributed by atoms with Crippen molar-refractivity contribution < 1.29 is 0 Å².